The Morgan fingerprint density at radius 2 is 0.977 bits per heavy atom. The molecule has 246 valence electrons. The zero-order valence-electron chi connectivity index (χ0n) is 29.1. The summed E-state index contributed by atoms with van der Waals surface area (Å²) in [4.78, 5) is 26.2. The van der Waals surface area contributed by atoms with Crippen LogP contribution in [0, 0.1) is 13.8 Å². The summed E-state index contributed by atoms with van der Waals surface area (Å²) in [5.41, 5.74) is 3.79. The largest absolute Gasteiger partial charge is 0.489 e. The van der Waals surface area contributed by atoms with Crippen LogP contribution in [0.15, 0.2) is 36.4 Å². The minimum absolute atomic E-state index is 0.0781. The lowest BCUT2D eigenvalue weighted by atomic mass is 10.0. The van der Waals surface area contributed by atoms with Crippen molar-refractivity contribution in [1.29, 1.82) is 0 Å². The predicted molar refractivity (Wildman–Crippen MR) is 177 cm³/mol. The Morgan fingerprint density at radius 3 is 1.27 bits per heavy atom. The molecule has 2 rings (SSSR count). The fourth-order valence-electron chi connectivity index (χ4n) is 4.36. The number of ether oxygens (including phenoxy) is 4. The van der Waals surface area contributed by atoms with E-state index in [-0.39, 0.29) is 36.1 Å². The number of hydrogen-bond donors (Lipinski definition) is 2. The van der Waals surface area contributed by atoms with Crippen LogP contribution in [0.2, 0.25) is 0 Å². The number of carbonyl (C=O) groups is 2. The molecule has 0 amide bonds. The van der Waals surface area contributed by atoms with Crippen molar-refractivity contribution >= 4 is 11.9 Å². The van der Waals surface area contributed by atoms with Gasteiger partial charge in [0.25, 0.3) is 0 Å². The first-order valence-corrected chi connectivity index (χ1v) is 15.7. The summed E-state index contributed by atoms with van der Waals surface area (Å²) in [5.74, 6) is -0.148. The average Bonchev–Trinajstić information content (AvgIpc) is 2.90. The van der Waals surface area contributed by atoms with Crippen LogP contribution in [0.1, 0.15) is 103 Å². The molecule has 0 aliphatic carbocycles. The molecule has 0 spiro atoms. The fourth-order valence-corrected chi connectivity index (χ4v) is 4.36. The topological polar surface area (TPSA) is 95.1 Å². The van der Waals surface area contributed by atoms with Crippen LogP contribution in [0.3, 0.4) is 0 Å². The molecule has 0 aliphatic rings. The smallest absolute Gasteiger partial charge is 0.417 e. The van der Waals surface area contributed by atoms with E-state index in [0.717, 1.165) is 33.8 Å². The highest BCUT2D eigenvalue weighted by atomic mass is 16.6. The monoisotopic (exact) mass is 612 g/mol. The van der Waals surface area contributed by atoms with E-state index in [2.05, 4.69) is 50.5 Å². The molecule has 0 saturated heterocycles. The van der Waals surface area contributed by atoms with E-state index >= 15 is 0 Å². The molecule has 0 aliphatic heterocycles. The summed E-state index contributed by atoms with van der Waals surface area (Å²) in [5, 5.41) is 6.69. The number of rotatable bonds is 14. The number of benzene rings is 2. The van der Waals surface area contributed by atoms with Crippen molar-refractivity contribution in [3.8, 4) is 11.5 Å². The van der Waals surface area contributed by atoms with Crippen LogP contribution in [-0.4, -0.2) is 61.5 Å². The molecule has 8 heteroatoms. The zero-order valence-corrected chi connectivity index (χ0v) is 29.1. The lowest BCUT2D eigenvalue weighted by Gasteiger charge is -2.27. The van der Waals surface area contributed by atoms with E-state index in [9.17, 15) is 9.59 Å². The second-order valence-corrected chi connectivity index (χ2v) is 14.3. The quantitative estimate of drug-likeness (QED) is 0.182. The fraction of sp³-hybridized carbons (Fsp3) is 0.611. The highest BCUT2D eigenvalue weighted by molar-refractivity contribution is 6.29. The van der Waals surface area contributed by atoms with E-state index in [0.29, 0.717) is 13.1 Å². The summed E-state index contributed by atoms with van der Waals surface area (Å²) in [6, 6.07) is 12.2. The van der Waals surface area contributed by atoms with Crippen molar-refractivity contribution in [2.24, 2.45) is 0 Å². The van der Waals surface area contributed by atoms with Gasteiger partial charge in [0, 0.05) is 24.2 Å². The molecule has 0 heterocycles. The van der Waals surface area contributed by atoms with Crippen LogP contribution in [0.25, 0.3) is 0 Å². The molecule has 0 fully saturated rings. The van der Waals surface area contributed by atoms with Crippen molar-refractivity contribution in [2.75, 3.05) is 26.3 Å². The summed E-state index contributed by atoms with van der Waals surface area (Å²) in [6.45, 7) is 25.3. The van der Waals surface area contributed by atoms with Crippen molar-refractivity contribution in [3.05, 3.63) is 58.7 Å². The van der Waals surface area contributed by atoms with Crippen molar-refractivity contribution in [1.82, 2.24) is 10.6 Å². The highest BCUT2D eigenvalue weighted by Crippen LogP contribution is 2.29. The van der Waals surface area contributed by atoms with Gasteiger partial charge in [-0.3, -0.25) is 0 Å². The number of aryl methyl sites for hydroxylation is 2. The van der Waals surface area contributed by atoms with Gasteiger partial charge in [0.2, 0.25) is 0 Å². The molecular formula is C36H56N2O6. The first-order valence-electron chi connectivity index (χ1n) is 15.7. The average molecular weight is 613 g/mol. The molecule has 2 atom stereocenters. The van der Waals surface area contributed by atoms with E-state index in [1.54, 1.807) is 0 Å². The van der Waals surface area contributed by atoms with Crippen molar-refractivity contribution in [3.63, 3.8) is 0 Å². The van der Waals surface area contributed by atoms with Crippen molar-refractivity contribution < 1.29 is 28.5 Å². The van der Waals surface area contributed by atoms with Gasteiger partial charge >= 0.3 is 11.9 Å². The normalized spacial score (nSPS) is 13.5. The maximum Gasteiger partial charge on any atom is 0.417 e. The van der Waals surface area contributed by atoms with Crippen LogP contribution in [0.4, 0.5) is 0 Å². The van der Waals surface area contributed by atoms with Gasteiger partial charge in [-0.2, -0.15) is 0 Å². The third kappa shape index (κ3) is 13.3. The molecule has 8 nitrogen and oxygen atoms in total. The second kappa shape index (κ2) is 16.3. The molecule has 44 heavy (non-hydrogen) atoms. The van der Waals surface area contributed by atoms with E-state index < -0.39 is 24.1 Å². The standard InChI is InChI=1S/C36H56N2O6/c1-23(2)29-15-13-25(5)17-31(29)41-21-27(19-37-35(7,8)9)43-33(39)34(40)44-28(20-38-36(10,11)12)22-42-32-18-26(6)14-16-30(32)24(3)4/h13-18,23-24,27-28,37-38H,19-22H2,1-12H3. The summed E-state index contributed by atoms with van der Waals surface area (Å²) in [7, 11) is 0. The molecule has 2 aromatic rings. The van der Waals surface area contributed by atoms with Crippen LogP contribution < -0.4 is 20.1 Å². The van der Waals surface area contributed by atoms with Gasteiger partial charge in [-0.1, -0.05) is 52.0 Å². The molecule has 0 aromatic heterocycles. The van der Waals surface area contributed by atoms with Crippen LogP contribution in [-0.2, 0) is 19.1 Å². The van der Waals surface area contributed by atoms with Gasteiger partial charge < -0.3 is 29.6 Å². The van der Waals surface area contributed by atoms with Gasteiger partial charge in [-0.15, -0.1) is 0 Å². The number of nitrogens with one attached hydrogen (secondary N) is 2. The van der Waals surface area contributed by atoms with Crippen molar-refractivity contribution in [2.45, 2.75) is 118 Å². The molecule has 0 bridgehead atoms. The first kappa shape index (κ1) is 37.1. The molecule has 2 N–H and O–H groups in total. The number of hydrogen-bond acceptors (Lipinski definition) is 8. The Morgan fingerprint density at radius 1 is 0.636 bits per heavy atom. The predicted octanol–water partition coefficient (Wildman–Crippen LogP) is 6.61. The highest BCUT2D eigenvalue weighted by Gasteiger charge is 2.28. The Kier molecular flexibility index (Phi) is 13.7. The first-order chi connectivity index (χ1) is 20.3. The molecular weight excluding hydrogens is 556 g/mol. The third-order valence-corrected chi connectivity index (χ3v) is 6.87. The molecule has 2 unspecified atom stereocenters. The zero-order chi connectivity index (χ0) is 33.2. The lowest BCUT2D eigenvalue weighted by Crippen LogP contribution is -2.46. The van der Waals surface area contributed by atoms with Gasteiger partial charge in [-0.25, -0.2) is 9.59 Å². The Hall–Kier alpha value is -3.10. The number of carbonyl (C=O) groups excluding carboxylic acids is 2. The van der Waals surface area contributed by atoms with Gasteiger partial charge in [0.05, 0.1) is 0 Å². The summed E-state index contributed by atoms with van der Waals surface area (Å²) >= 11 is 0. The van der Waals surface area contributed by atoms with E-state index in [1.807, 2.05) is 79.7 Å². The molecule has 0 saturated carbocycles. The molecule has 0 radical (unpaired) electrons. The Bertz CT molecular complexity index is 1130. The van der Waals surface area contributed by atoms with Gasteiger partial charge in [0.1, 0.15) is 36.9 Å². The summed E-state index contributed by atoms with van der Waals surface area (Å²) < 4.78 is 23.7. The minimum Gasteiger partial charge on any atom is -0.489 e. The van der Waals surface area contributed by atoms with Crippen LogP contribution in [0.5, 0.6) is 11.5 Å². The SMILES string of the molecule is Cc1ccc(C(C)C)c(OCC(CNC(C)(C)C)OC(=O)C(=O)OC(CNC(C)(C)C)COc2cc(C)ccc2C(C)C)c1. The second-order valence-electron chi connectivity index (χ2n) is 14.3. The van der Waals surface area contributed by atoms with Gasteiger partial charge in [0.15, 0.2) is 0 Å². The minimum atomic E-state index is -1.07. The Labute approximate surface area is 265 Å². The lowest BCUT2D eigenvalue weighted by molar-refractivity contribution is -0.175. The van der Waals surface area contributed by atoms with Crippen LogP contribution >= 0.6 is 0 Å². The third-order valence-electron chi connectivity index (χ3n) is 6.87. The number of esters is 2. The molecule has 2 aromatic carbocycles. The maximum absolute atomic E-state index is 13.1. The van der Waals surface area contributed by atoms with Gasteiger partial charge in [-0.05, 0) is 102 Å². The summed E-state index contributed by atoms with van der Waals surface area (Å²) in [6.07, 6.45) is -1.45. The maximum atomic E-state index is 13.1. The van der Waals surface area contributed by atoms with E-state index in [1.165, 1.54) is 0 Å². The van der Waals surface area contributed by atoms with E-state index in [4.69, 9.17) is 18.9 Å². The Balaban J connectivity index is 2.17.